The van der Waals surface area contributed by atoms with Crippen LogP contribution in [0.2, 0.25) is 5.02 Å². The fraction of sp³-hybridized carbons (Fsp3) is 0.600. The average Bonchev–Trinajstić information content (AvgIpc) is 2.38. The molecule has 1 aromatic carbocycles. The number of halogens is 4. The molecule has 2 nitrogen and oxygen atoms in total. The van der Waals surface area contributed by atoms with E-state index in [1.165, 1.54) is 24.8 Å². The van der Waals surface area contributed by atoms with E-state index in [0.29, 0.717) is 6.04 Å². The summed E-state index contributed by atoms with van der Waals surface area (Å²) in [6, 6.07) is 6.77. The van der Waals surface area contributed by atoms with E-state index in [1.54, 1.807) is 0 Å². The van der Waals surface area contributed by atoms with Crippen LogP contribution in [0.15, 0.2) is 22.7 Å². The first kappa shape index (κ1) is 19.5. The van der Waals surface area contributed by atoms with Gasteiger partial charge in [-0.25, -0.2) is 0 Å². The first-order valence-corrected chi connectivity index (χ1v) is 8.32. The van der Waals surface area contributed by atoms with Crippen molar-refractivity contribution in [2.24, 2.45) is 5.92 Å². The molecule has 3 rings (SSSR count). The van der Waals surface area contributed by atoms with Crippen LogP contribution in [-0.2, 0) is 0 Å². The van der Waals surface area contributed by atoms with Gasteiger partial charge in [-0.1, -0.05) is 34.0 Å². The van der Waals surface area contributed by atoms with Crippen molar-refractivity contribution in [2.75, 3.05) is 26.2 Å². The molecule has 0 unspecified atom stereocenters. The van der Waals surface area contributed by atoms with Gasteiger partial charge < -0.3 is 5.32 Å². The van der Waals surface area contributed by atoms with Gasteiger partial charge in [-0.05, 0) is 42.5 Å². The Kier molecular flexibility index (Phi) is 8.33. The molecule has 1 aromatic rings. The monoisotopic (exact) mass is 414 g/mol. The quantitative estimate of drug-likeness (QED) is 0.769. The van der Waals surface area contributed by atoms with Crippen molar-refractivity contribution < 1.29 is 0 Å². The van der Waals surface area contributed by atoms with Crippen molar-refractivity contribution in [2.45, 2.75) is 25.3 Å². The summed E-state index contributed by atoms with van der Waals surface area (Å²) in [7, 11) is 0. The molecule has 0 bridgehead atoms. The lowest BCUT2D eigenvalue weighted by Gasteiger charge is -2.43. The van der Waals surface area contributed by atoms with E-state index in [9.17, 15) is 0 Å². The third-order valence-electron chi connectivity index (χ3n) is 4.42. The van der Waals surface area contributed by atoms with E-state index in [4.69, 9.17) is 11.6 Å². The highest BCUT2D eigenvalue weighted by atomic mass is 79.9. The van der Waals surface area contributed by atoms with Gasteiger partial charge in [-0.15, -0.1) is 24.8 Å². The van der Waals surface area contributed by atoms with E-state index in [2.05, 4.69) is 32.2 Å². The predicted molar refractivity (Wildman–Crippen MR) is 98.2 cm³/mol. The van der Waals surface area contributed by atoms with Gasteiger partial charge in [0.05, 0.1) is 0 Å². The fourth-order valence-corrected chi connectivity index (χ4v) is 3.81. The van der Waals surface area contributed by atoms with E-state index in [1.807, 2.05) is 12.1 Å². The molecule has 1 aliphatic carbocycles. The highest BCUT2D eigenvalue weighted by Crippen LogP contribution is 2.44. The summed E-state index contributed by atoms with van der Waals surface area (Å²) in [4.78, 5) is 2.62. The lowest BCUT2D eigenvalue weighted by atomic mass is 9.76. The lowest BCUT2D eigenvalue weighted by Crippen LogP contribution is -2.47. The second-order valence-electron chi connectivity index (χ2n) is 5.59. The molecule has 1 heterocycles. The van der Waals surface area contributed by atoms with Crippen molar-refractivity contribution in [1.82, 2.24) is 10.2 Å². The van der Waals surface area contributed by atoms with E-state index >= 15 is 0 Å². The average molecular weight is 417 g/mol. The second-order valence-corrected chi connectivity index (χ2v) is 6.91. The van der Waals surface area contributed by atoms with Crippen LogP contribution in [0, 0.1) is 5.92 Å². The van der Waals surface area contributed by atoms with Crippen LogP contribution in [0.1, 0.15) is 30.9 Å². The number of piperazine rings is 1. The molecule has 0 amide bonds. The number of nitrogens with zero attached hydrogens (tertiary/aromatic N) is 1. The van der Waals surface area contributed by atoms with Gasteiger partial charge in [0.1, 0.15) is 0 Å². The molecule has 1 saturated carbocycles. The van der Waals surface area contributed by atoms with Crippen LogP contribution < -0.4 is 5.32 Å². The molecular weight excluding hydrogens is 394 g/mol. The summed E-state index contributed by atoms with van der Waals surface area (Å²) in [5.74, 6) is 0.782. The second kappa shape index (κ2) is 8.95. The van der Waals surface area contributed by atoms with Gasteiger partial charge in [0.15, 0.2) is 0 Å². The van der Waals surface area contributed by atoms with Crippen LogP contribution in [-0.4, -0.2) is 31.1 Å². The normalized spacial score (nSPS) is 20.9. The third kappa shape index (κ3) is 4.49. The van der Waals surface area contributed by atoms with Gasteiger partial charge in [0, 0.05) is 41.7 Å². The van der Waals surface area contributed by atoms with Crippen LogP contribution >= 0.6 is 52.3 Å². The maximum Gasteiger partial charge on any atom is 0.0454 e. The van der Waals surface area contributed by atoms with Crippen LogP contribution in [0.4, 0.5) is 0 Å². The maximum atomic E-state index is 6.47. The third-order valence-corrected chi connectivity index (χ3v) is 5.26. The fourth-order valence-electron chi connectivity index (χ4n) is 3.21. The Hall–Kier alpha value is 0.490. The summed E-state index contributed by atoms with van der Waals surface area (Å²) in [6.45, 7) is 4.44. The van der Waals surface area contributed by atoms with Crippen molar-refractivity contribution >= 4 is 52.3 Å². The molecular formula is C15H22BrCl3N2. The minimum Gasteiger partial charge on any atom is -0.314 e. The van der Waals surface area contributed by atoms with Gasteiger partial charge in [-0.2, -0.15) is 0 Å². The minimum atomic E-state index is 0. The Labute approximate surface area is 152 Å². The predicted octanol–water partition coefficient (Wildman–Crippen LogP) is 4.69. The summed E-state index contributed by atoms with van der Waals surface area (Å²) < 4.78 is 1.13. The SMILES string of the molecule is Cl.Cl.Clc1ccc(Br)cc1[C@H](C1CCC1)N1CCNCC1. The number of hydrogen-bond donors (Lipinski definition) is 1. The molecule has 0 radical (unpaired) electrons. The maximum absolute atomic E-state index is 6.47. The molecule has 1 N–H and O–H groups in total. The van der Waals surface area contributed by atoms with Crippen molar-refractivity contribution in [3.63, 3.8) is 0 Å². The number of hydrogen-bond acceptors (Lipinski definition) is 2. The number of nitrogens with one attached hydrogen (secondary N) is 1. The number of benzene rings is 1. The Bertz CT molecular complexity index is 449. The van der Waals surface area contributed by atoms with Gasteiger partial charge in [0.2, 0.25) is 0 Å². The molecule has 21 heavy (non-hydrogen) atoms. The smallest absolute Gasteiger partial charge is 0.0454 e. The Balaban J connectivity index is 0.00000110. The highest BCUT2D eigenvalue weighted by molar-refractivity contribution is 9.10. The Morgan fingerprint density at radius 3 is 2.43 bits per heavy atom. The van der Waals surface area contributed by atoms with E-state index in [-0.39, 0.29) is 24.8 Å². The van der Waals surface area contributed by atoms with Crippen LogP contribution in [0.25, 0.3) is 0 Å². The minimum absolute atomic E-state index is 0. The highest BCUT2D eigenvalue weighted by Gasteiger charge is 2.34. The van der Waals surface area contributed by atoms with Crippen molar-refractivity contribution in [3.05, 3.63) is 33.3 Å². The molecule has 1 aliphatic heterocycles. The molecule has 1 saturated heterocycles. The zero-order chi connectivity index (χ0) is 13.2. The lowest BCUT2D eigenvalue weighted by molar-refractivity contribution is 0.0837. The Morgan fingerprint density at radius 2 is 1.86 bits per heavy atom. The summed E-state index contributed by atoms with van der Waals surface area (Å²) >= 11 is 10.1. The Morgan fingerprint density at radius 1 is 1.19 bits per heavy atom. The van der Waals surface area contributed by atoms with E-state index in [0.717, 1.165) is 41.6 Å². The molecule has 2 fully saturated rings. The topological polar surface area (TPSA) is 15.3 Å². The standard InChI is InChI=1S/C15H20BrClN2.2ClH/c16-12-4-5-14(17)13(10-12)15(11-2-1-3-11)19-8-6-18-7-9-19;;/h4-5,10-11,15,18H,1-3,6-9H2;2*1H/t15-;;/m0../s1. The van der Waals surface area contributed by atoms with Gasteiger partial charge in [0.25, 0.3) is 0 Å². The van der Waals surface area contributed by atoms with Gasteiger partial charge in [-0.3, -0.25) is 4.90 Å². The van der Waals surface area contributed by atoms with Crippen LogP contribution in [0.3, 0.4) is 0 Å². The zero-order valence-electron chi connectivity index (χ0n) is 11.9. The molecule has 2 aliphatic rings. The van der Waals surface area contributed by atoms with E-state index < -0.39 is 0 Å². The number of rotatable bonds is 3. The summed E-state index contributed by atoms with van der Waals surface area (Å²) in [5, 5.41) is 4.35. The zero-order valence-corrected chi connectivity index (χ0v) is 15.8. The molecule has 6 heteroatoms. The van der Waals surface area contributed by atoms with Gasteiger partial charge >= 0.3 is 0 Å². The molecule has 0 aromatic heterocycles. The van der Waals surface area contributed by atoms with Crippen molar-refractivity contribution in [1.29, 1.82) is 0 Å². The summed E-state index contributed by atoms with van der Waals surface area (Å²) in [5.41, 5.74) is 1.31. The first-order valence-electron chi connectivity index (χ1n) is 7.15. The first-order chi connectivity index (χ1) is 9.25. The summed E-state index contributed by atoms with van der Waals surface area (Å²) in [6.07, 6.45) is 4.06. The largest absolute Gasteiger partial charge is 0.314 e. The molecule has 120 valence electrons. The molecule has 0 spiro atoms. The van der Waals surface area contributed by atoms with Crippen molar-refractivity contribution in [3.8, 4) is 0 Å². The molecule has 1 atom stereocenters. The van der Waals surface area contributed by atoms with Crippen LogP contribution in [0.5, 0.6) is 0 Å².